The van der Waals surface area contributed by atoms with E-state index < -0.39 is 0 Å². The number of benzene rings is 2. The Morgan fingerprint density at radius 1 is 0.966 bits per heavy atom. The standard InChI is InChI=1S/C24H30N2O3/c1-19(27)20-11-8-12-23(15-20)29-18-24(28)25-16-21-9-4-5-10-22(21)17-26-13-6-2-3-7-14-26/h4-5,8-12,15H,2-3,6-7,13-14,16-18H2,1H3,(H,25,28). The number of rotatable bonds is 8. The molecule has 0 radical (unpaired) electrons. The van der Waals surface area contributed by atoms with Crippen molar-refractivity contribution in [3.8, 4) is 5.75 Å². The van der Waals surface area contributed by atoms with Gasteiger partial charge in [0.15, 0.2) is 12.4 Å². The molecular formula is C24H30N2O3. The van der Waals surface area contributed by atoms with Gasteiger partial charge in [-0.1, -0.05) is 49.2 Å². The minimum absolute atomic E-state index is 0.0269. The largest absolute Gasteiger partial charge is 0.484 e. The predicted octanol–water partition coefficient (Wildman–Crippen LogP) is 3.96. The zero-order chi connectivity index (χ0) is 20.5. The first-order valence-electron chi connectivity index (χ1n) is 10.4. The van der Waals surface area contributed by atoms with Crippen LogP contribution in [0.1, 0.15) is 54.1 Å². The monoisotopic (exact) mass is 394 g/mol. The first-order chi connectivity index (χ1) is 14.1. The molecule has 1 aliphatic heterocycles. The minimum atomic E-state index is -0.178. The van der Waals surface area contributed by atoms with Gasteiger partial charge >= 0.3 is 0 Å². The van der Waals surface area contributed by atoms with Gasteiger partial charge in [0.05, 0.1) is 0 Å². The first kappa shape index (κ1) is 21.1. The van der Waals surface area contributed by atoms with Crippen LogP contribution in [0.4, 0.5) is 0 Å². The van der Waals surface area contributed by atoms with Crippen molar-refractivity contribution in [1.82, 2.24) is 10.2 Å². The van der Waals surface area contributed by atoms with E-state index in [1.807, 2.05) is 6.07 Å². The van der Waals surface area contributed by atoms with E-state index in [1.54, 1.807) is 24.3 Å². The Morgan fingerprint density at radius 3 is 2.41 bits per heavy atom. The highest BCUT2D eigenvalue weighted by molar-refractivity contribution is 5.94. The van der Waals surface area contributed by atoms with E-state index in [0.717, 1.165) is 25.2 Å². The molecule has 0 unspecified atom stereocenters. The van der Waals surface area contributed by atoms with Gasteiger partial charge in [-0.3, -0.25) is 14.5 Å². The van der Waals surface area contributed by atoms with Crippen LogP contribution in [0.5, 0.6) is 5.75 Å². The van der Waals surface area contributed by atoms with Crippen LogP contribution < -0.4 is 10.1 Å². The smallest absolute Gasteiger partial charge is 0.258 e. The summed E-state index contributed by atoms with van der Waals surface area (Å²) in [7, 11) is 0. The van der Waals surface area contributed by atoms with Crippen LogP contribution in [0.2, 0.25) is 0 Å². The Bertz CT molecular complexity index is 826. The van der Waals surface area contributed by atoms with Gasteiger partial charge in [0, 0.05) is 18.7 Å². The molecule has 154 valence electrons. The van der Waals surface area contributed by atoms with Crippen molar-refractivity contribution in [3.63, 3.8) is 0 Å². The molecular weight excluding hydrogens is 364 g/mol. The molecule has 1 saturated heterocycles. The summed E-state index contributed by atoms with van der Waals surface area (Å²) in [5.74, 6) is 0.318. The van der Waals surface area contributed by atoms with Crippen LogP contribution in [-0.4, -0.2) is 36.3 Å². The second kappa shape index (κ2) is 10.8. The number of amides is 1. The van der Waals surface area contributed by atoms with E-state index in [1.165, 1.54) is 38.2 Å². The van der Waals surface area contributed by atoms with Gasteiger partial charge < -0.3 is 10.1 Å². The molecule has 0 bridgehead atoms. The van der Waals surface area contributed by atoms with Crippen LogP contribution >= 0.6 is 0 Å². The second-order valence-electron chi connectivity index (χ2n) is 7.61. The van der Waals surface area contributed by atoms with Crippen molar-refractivity contribution in [2.75, 3.05) is 19.7 Å². The van der Waals surface area contributed by atoms with Crippen LogP contribution in [0.25, 0.3) is 0 Å². The van der Waals surface area contributed by atoms with Gasteiger partial charge in [-0.15, -0.1) is 0 Å². The number of likely N-dealkylation sites (tertiary alicyclic amines) is 1. The fourth-order valence-corrected chi connectivity index (χ4v) is 3.62. The molecule has 0 spiro atoms. The van der Waals surface area contributed by atoms with E-state index in [2.05, 4.69) is 28.4 Å². The number of nitrogens with one attached hydrogen (secondary N) is 1. The van der Waals surface area contributed by atoms with Crippen LogP contribution in [-0.2, 0) is 17.9 Å². The number of Topliss-reactive ketones (excluding diaryl/α,β-unsaturated/α-hetero) is 1. The third-order valence-electron chi connectivity index (χ3n) is 5.30. The second-order valence-corrected chi connectivity index (χ2v) is 7.61. The van der Waals surface area contributed by atoms with Crippen molar-refractivity contribution < 1.29 is 14.3 Å². The molecule has 3 rings (SSSR count). The average Bonchev–Trinajstić information content (AvgIpc) is 3.00. The topological polar surface area (TPSA) is 58.6 Å². The molecule has 1 heterocycles. The number of ketones is 1. The van der Waals surface area contributed by atoms with Crippen molar-refractivity contribution >= 4 is 11.7 Å². The quantitative estimate of drug-likeness (QED) is 0.689. The molecule has 1 amide bonds. The molecule has 2 aromatic carbocycles. The maximum Gasteiger partial charge on any atom is 0.258 e. The van der Waals surface area contributed by atoms with Gasteiger partial charge in [-0.2, -0.15) is 0 Å². The third-order valence-corrected chi connectivity index (χ3v) is 5.30. The number of carbonyl (C=O) groups is 2. The highest BCUT2D eigenvalue weighted by atomic mass is 16.5. The number of nitrogens with zero attached hydrogens (tertiary/aromatic N) is 1. The summed E-state index contributed by atoms with van der Waals surface area (Å²) < 4.78 is 5.54. The lowest BCUT2D eigenvalue weighted by molar-refractivity contribution is -0.123. The molecule has 1 aliphatic rings. The van der Waals surface area contributed by atoms with E-state index in [9.17, 15) is 9.59 Å². The molecule has 5 nitrogen and oxygen atoms in total. The van der Waals surface area contributed by atoms with E-state index in [0.29, 0.717) is 17.9 Å². The summed E-state index contributed by atoms with van der Waals surface area (Å²) in [6.07, 6.45) is 5.18. The fraction of sp³-hybridized carbons (Fsp3) is 0.417. The summed E-state index contributed by atoms with van der Waals surface area (Å²) in [5, 5.41) is 2.95. The normalized spacial score (nSPS) is 14.8. The molecule has 1 N–H and O–H groups in total. The van der Waals surface area contributed by atoms with Gasteiger partial charge in [-0.25, -0.2) is 0 Å². The van der Waals surface area contributed by atoms with Crippen molar-refractivity contribution in [2.45, 2.75) is 45.7 Å². The number of hydrogen-bond acceptors (Lipinski definition) is 4. The Hall–Kier alpha value is -2.66. The molecule has 29 heavy (non-hydrogen) atoms. The zero-order valence-corrected chi connectivity index (χ0v) is 17.2. The lowest BCUT2D eigenvalue weighted by atomic mass is 10.1. The molecule has 0 saturated carbocycles. The molecule has 5 heteroatoms. The van der Waals surface area contributed by atoms with E-state index in [4.69, 9.17) is 4.74 Å². The number of ether oxygens (including phenoxy) is 1. The summed E-state index contributed by atoms with van der Waals surface area (Å²) in [4.78, 5) is 26.2. The fourth-order valence-electron chi connectivity index (χ4n) is 3.62. The van der Waals surface area contributed by atoms with Crippen molar-refractivity contribution in [1.29, 1.82) is 0 Å². The first-order valence-corrected chi connectivity index (χ1v) is 10.4. The molecule has 0 aromatic heterocycles. The lowest BCUT2D eigenvalue weighted by Gasteiger charge is -2.21. The number of hydrogen-bond donors (Lipinski definition) is 1. The maximum atomic E-state index is 12.2. The molecule has 2 aromatic rings. The Labute approximate surface area is 173 Å². The highest BCUT2D eigenvalue weighted by Crippen LogP contribution is 2.16. The SMILES string of the molecule is CC(=O)c1cccc(OCC(=O)NCc2ccccc2CN2CCCCCC2)c1. The zero-order valence-electron chi connectivity index (χ0n) is 17.2. The Kier molecular flexibility index (Phi) is 7.82. The van der Waals surface area contributed by atoms with Crippen LogP contribution in [0.15, 0.2) is 48.5 Å². The summed E-state index contributed by atoms with van der Waals surface area (Å²) in [6, 6.07) is 15.2. The number of carbonyl (C=O) groups excluding carboxylic acids is 2. The molecule has 1 fully saturated rings. The summed E-state index contributed by atoms with van der Waals surface area (Å²) >= 11 is 0. The van der Waals surface area contributed by atoms with Crippen molar-refractivity contribution in [3.05, 3.63) is 65.2 Å². The van der Waals surface area contributed by atoms with Crippen LogP contribution in [0.3, 0.4) is 0 Å². The van der Waals surface area contributed by atoms with Gasteiger partial charge in [-0.05, 0) is 56.1 Å². The maximum absolute atomic E-state index is 12.2. The third kappa shape index (κ3) is 6.71. The Balaban J connectivity index is 1.51. The summed E-state index contributed by atoms with van der Waals surface area (Å²) in [6.45, 7) is 5.15. The average molecular weight is 395 g/mol. The van der Waals surface area contributed by atoms with Gasteiger partial charge in [0.25, 0.3) is 5.91 Å². The summed E-state index contributed by atoms with van der Waals surface area (Å²) in [5.41, 5.74) is 2.98. The minimum Gasteiger partial charge on any atom is -0.484 e. The van der Waals surface area contributed by atoms with Crippen LogP contribution in [0, 0.1) is 0 Å². The van der Waals surface area contributed by atoms with E-state index >= 15 is 0 Å². The van der Waals surface area contributed by atoms with Crippen molar-refractivity contribution in [2.24, 2.45) is 0 Å². The Morgan fingerprint density at radius 2 is 1.69 bits per heavy atom. The van der Waals surface area contributed by atoms with Gasteiger partial charge in [0.1, 0.15) is 5.75 Å². The molecule has 0 aliphatic carbocycles. The van der Waals surface area contributed by atoms with E-state index in [-0.39, 0.29) is 18.3 Å². The van der Waals surface area contributed by atoms with Gasteiger partial charge in [0.2, 0.25) is 0 Å². The predicted molar refractivity (Wildman–Crippen MR) is 114 cm³/mol. The lowest BCUT2D eigenvalue weighted by Crippen LogP contribution is -2.29. The molecule has 0 atom stereocenters. The highest BCUT2D eigenvalue weighted by Gasteiger charge is 2.12.